The second kappa shape index (κ2) is 8.76. The Bertz CT molecular complexity index is 411. The summed E-state index contributed by atoms with van der Waals surface area (Å²) in [6.45, 7) is 3.70. The Labute approximate surface area is 133 Å². The van der Waals surface area contributed by atoms with Crippen molar-refractivity contribution >= 4 is 17.7 Å². The van der Waals surface area contributed by atoms with E-state index in [1.165, 1.54) is 6.92 Å². The van der Waals surface area contributed by atoms with Gasteiger partial charge in [0.25, 0.3) is 0 Å². The predicted octanol–water partition coefficient (Wildman–Crippen LogP) is 1.15. The molecule has 1 saturated carbocycles. The number of amides is 3. The summed E-state index contributed by atoms with van der Waals surface area (Å²) in [5.41, 5.74) is 0. The van der Waals surface area contributed by atoms with Gasteiger partial charge in [-0.3, -0.25) is 14.4 Å². The average molecular weight is 311 g/mol. The third-order valence-corrected chi connectivity index (χ3v) is 4.49. The molecule has 0 aromatic carbocycles. The van der Waals surface area contributed by atoms with Crippen LogP contribution in [0.2, 0.25) is 0 Å². The van der Waals surface area contributed by atoms with Gasteiger partial charge in [-0.2, -0.15) is 0 Å². The molecule has 0 aliphatic heterocycles. The molecule has 3 amide bonds. The molecule has 0 bridgehead atoms. The smallest absolute Gasteiger partial charge is 0.220 e. The first-order valence-corrected chi connectivity index (χ1v) is 8.05. The monoisotopic (exact) mass is 311 g/mol. The number of carbonyl (C=O) groups is 3. The van der Waals surface area contributed by atoms with Gasteiger partial charge in [0.15, 0.2) is 0 Å². The van der Waals surface area contributed by atoms with E-state index >= 15 is 0 Å². The van der Waals surface area contributed by atoms with Gasteiger partial charge in [-0.1, -0.05) is 0 Å². The quantitative estimate of drug-likeness (QED) is 0.800. The van der Waals surface area contributed by atoms with Gasteiger partial charge in [0, 0.05) is 53.0 Å². The number of nitrogens with zero attached hydrogens (tertiary/aromatic N) is 2. The van der Waals surface area contributed by atoms with Crippen LogP contribution in [0.25, 0.3) is 0 Å². The van der Waals surface area contributed by atoms with Crippen molar-refractivity contribution in [3.05, 3.63) is 0 Å². The molecule has 1 aliphatic rings. The number of hydrogen-bond donors (Lipinski definition) is 1. The minimum absolute atomic E-state index is 0.0165. The number of nitrogens with one attached hydrogen (secondary N) is 1. The first-order valence-electron chi connectivity index (χ1n) is 8.05. The van der Waals surface area contributed by atoms with Gasteiger partial charge in [0.05, 0.1) is 0 Å². The SMILES string of the molecule is CC(=O)N(C)CCCC(=O)NC1CCCC(N(C)C(C)=O)C1. The van der Waals surface area contributed by atoms with Crippen LogP contribution in [0.3, 0.4) is 0 Å². The molecule has 0 spiro atoms. The van der Waals surface area contributed by atoms with E-state index in [1.807, 2.05) is 7.05 Å². The van der Waals surface area contributed by atoms with Gasteiger partial charge in [-0.05, 0) is 32.1 Å². The second-order valence-electron chi connectivity index (χ2n) is 6.26. The average Bonchev–Trinajstić information content (AvgIpc) is 2.46. The summed E-state index contributed by atoms with van der Waals surface area (Å²) >= 11 is 0. The predicted molar refractivity (Wildman–Crippen MR) is 85.2 cm³/mol. The topological polar surface area (TPSA) is 69.7 Å². The van der Waals surface area contributed by atoms with Gasteiger partial charge in [0.2, 0.25) is 17.7 Å². The van der Waals surface area contributed by atoms with E-state index in [0.717, 1.165) is 25.7 Å². The molecule has 0 saturated heterocycles. The van der Waals surface area contributed by atoms with Crippen LogP contribution in [0.4, 0.5) is 0 Å². The van der Waals surface area contributed by atoms with E-state index in [-0.39, 0.29) is 29.8 Å². The molecule has 0 heterocycles. The normalized spacial score (nSPS) is 21.1. The molecule has 6 nitrogen and oxygen atoms in total. The minimum atomic E-state index is 0.0165. The van der Waals surface area contributed by atoms with Crippen LogP contribution in [-0.2, 0) is 14.4 Å². The van der Waals surface area contributed by atoms with E-state index < -0.39 is 0 Å². The van der Waals surface area contributed by atoms with Crippen LogP contribution in [0, 0.1) is 0 Å². The zero-order chi connectivity index (χ0) is 16.7. The van der Waals surface area contributed by atoms with E-state index in [0.29, 0.717) is 19.4 Å². The molecule has 2 atom stereocenters. The van der Waals surface area contributed by atoms with Crippen molar-refractivity contribution in [2.24, 2.45) is 0 Å². The Morgan fingerprint density at radius 2 is 1.77 bits per heavy atom. The third-order valence-electron chi connectivity index (χ3n) is 4.49. The van der Waals surface area contributed by atoms with Crippen molar-refractivity contribution in [3.63, 3.8) is 0 Å². The Morgan fingerprint density at radius 1 is 1.09 bits per heavy atom. The summed E-state index contributed by atoms with van der Waals surface area (Å²) in [5.74, 6) is 0.125. The standard InChI is InChI=1S/C16H29N3O3/c1-12(20)18(3)10-6-9-16(22)17-14-7-5-8-15(11-14)19(4)13(2)21/h14-15H,5-11H2,1-4H3,(H,17,22). The molecular formula is C16H29N3O3. The number of rotatable bonds is 6. The lowest BCUT2D eigenvalue weighted by Gasteiger charge is -2.35. The zero-order valence-electron chi connectivity index (χ0n) is 14.2. The second-order valence-corrected chi connectivity index (χ2v) is 6.26. The van der Waals surface area contributed by atoms with Crippen molar-refractivity contribution in [3.8, 4) is 0 Å². The van der Waals surface area contributed by atoms with E-state index in [2.05, 4.69) is 5.32 Å². The Morgan fingerprint density at radius 3 is 2.36 bits per heavy atom. The van der Waals surface area contributed by atoms with Crippen LogP contribution < -0.4 is 5.32 Å². The lowest BCUT2D eigenvalue weighted by molar-refractivity contribution is -0.130. The molecule has 1 rings (SSSR count). The molecule has 0 radical (unpaired) electrons. The van der Waals surface area contributed by atoms with Gasteiger partial charge in [-0.15, -0.1) is 0 Å². The lowest BCUT2D eigenvalue weighted by atomic mass is 9.90. The number of carbonyl (C=O) groups excluding carboxylic acids is 3. The van der Waals surface area contributed by atoms with E-state index in [4.69, 9.17) is 0 Å². The van der Waals surface area contributed by atoms with Crippen molar-refractivity contribution < 1.29 is 14.4 Å². The van der Waals surface area contributed by atoms with Crippen molar-refractivity contribution in [2.75, 3.05) is 20.6 Å². The summed E-state index contributed by atoms with van der Waals surface area (Å²) < 4.78 is 0. The molecule has 126 valence electrons. The molecular weight excluding hydrogens is 282 g/mol. The Balaban J connectivity index is 2.32. The summed E-state index contributed by atoms with van der Waals surface area (Å²) in [6.07, 6.45) is 4.94. The van der Waals surface area contributed by atoms with Crippen LogP contribution >= 0.6 is 0 Å². The van der Waals surface area contributed by atoms with Crippen LogP contribution in [-0.4, -0.2) is 60.2 Å². The fraction of sp³-hybridized carbons (Fsp3) is 0.812. The fourth-order valence-corrected chi connectivity index (χ4v) is 2.84. The third kappa shape index (κ3) is 6.03. The highest BCUT2D eigenvalue weighted by atomic mass is 16.2. The maximum atomic E-state index is 12.0. The first kappa shape index (κ1) is 18.5. The molecule has 1 aliphatic carbocycles. The van der Waals surface area contributed by atoms with E-state index in [1.54, 1.807) is 23.8 Å². The molecule has 22 heavy (non-hydrogen) atoms. The van der Waals surface area contributed by atoms with Crippen LogP contribution in [0.5, 0.6) is 0 Å². The highest BCUT2D eigenvalue weighted by molar-refractivity contribution is 5.76. The van der Waals surface area contributed by atoms with Gasteiger partial charge in [0.1, 0.15) is 0 Å². The van der Waals surface area contributed by atoms with Crippen molar-refractivity contribution in [1.82, 2.24) is 15.1 Å². The lowest BCUT2D eigenvalue weighted by Crippen LogP contribution is -2.46. The highest BCUT2D eigenvalue weighted by Gasteiger charge is 2.26. The molecule has 0 aromatic heterocycles. The summed E-state index contributed by atoms with van der Waals surface area (Å²) in [4.78, 5) is 37.9. The molecule has 1 N–H and O–H groups in total. The van der Waals surface area contributed by atoms with Gasteiger partial charge < -0.3 is 15.1 Å². The van der Waals surface area contributed by atoms with Gasteiger partial charge in [-0.25, -0.2) is 0 Å². The summed E-state index contributed by atoms with van der Waals surface area (Å²) in [5, 5.41) is 3.07. The van der Waals surface area contributed by atoms with Crippen molar-refractivity contribution in [2.45, 2.75) is 64.5 Å². The maximum absolute atomic E-state index is 12.0. The summed E-state index contributed by atoms with van der Waals surface area (Å²) in [7, 11) is 3.57. The largest absolute Gasteiger partial charge is 0.353 e. The summed E-state index contributed by atoms with van der Waals surface area (Å²) in [6, 6.07) is 0.374. The highest BCUT2D eigenvalue weighted by Crippen LogP contribution is 2.22. The fourth-order valence-electron chi connectivity index (χ4n) is 2.84. The molecule has 0 aromatic rings. The van der Waals surface area contributed by atoms with Crippen LogP contribution in [0.1, 0.15) is 52.4 Å². The van der Waals surface area contributed by atoms with Crippen molar-refractivity contribution in [1.29, 1.82) is 0 Å². The molecule has 2 unspecified atom stereocenters. The minimum Gasteiger partial charge on any atom is -0.353 e. The van der Waals surface area contributed by atoms with E-state index in [9.17, 15) is 14.4 Å². The van der Waals surface area contributed by atoms with Crippen LogP contribution in [0.15, 0.2) is 0 Å². The molecule has 1 fully saturated rings. The Kier molecular flexibility index (Phi) is 7.35. The number of hydrogen-bond acceptors (Lipinski definition) is 3. The maximum Gasteiger partial charge on any atom is 0.220 e. The zero-order valence-corrected chi connectivity index (χ0v) is 14.2. The molecule has 6 heteroatoms. The first-order chi connectivity index (χ1) is 10.3. The Hall–Kier alpha value is -1.59. The van der Waals surface area contributed by atoms with Gasteiger partial charge >= 0.3 is 0 Å².